The summed E-state index contributed by atoms with van der Waals surface area (Å²) in [5.41, 5.74) is 6.33. The van der Waals surface area contributed by atoms with Crippen LogP contribution in [0.4, 0.5) is 8.78 Å². The minimum Gasteiger partial charge on any atom is -0.366 e. The van der Waals surface area contributed by atoms with Gasteiger partial charge >= 0.3 is 0 Å². The summed E-state index contributed by atoms with van der Waals surface area (Å²) < 4.78 is 27.1. The van der Waals surface area contributed by atoms with E-state index in [1.807, 2.05) is 0 Å². The van der Waals surface area contributed by atoms with E-state index in [0.717, 1.165) is 0 Å². The van der Waals surface area contributed by atoms with Gasteiger partial charge in [-0.2, -0.15) is 0 Å². The van der Waals surface area contributed by atoms with Gasteiger partial charge in [0.25, 0.3) is 5.91 Å². The molecule has 1 atom stereocenters. The number of alkyl halides is 1. The Hall–Kier alpha value is -3.68. The van der Waals surface area contributed by atoms with Gasteiger partial charge < -0.3 is 11.1 Å². The number of amides is 2. The van der Waals surface area contributed by atoms with Gasteiger partial charge in [0.15, 0.2) is 0 Å². The quantitative estimate of drug-likeness (QED) is 0.685. The Morgan fingerprint density at radius 3 is 2.39 bits per heavy atom. The van der Waals surface area contributed by atoms with Gasteiger partial charge in [0.1, 0.15) is 23.9 Å². The summed E-state index contributed by atoms with van der Waals surface area (Å²) in [5.74, 6) is -1.86. The van der Waals surface area contributed by atoms with Crippen LogP contribution in [0.15, 0.2) is 60.9 Å². The highest BCUT2D eigenvalue weighted by Crippen LogP contribution is 2.24. The van der Waals surface area contributed by atoms with Crippen molar-refractivity contribution in [2.45, 2.75) is 12.7 Å². The van der Waals surface area contributed by atoms with Crippen molar-refractivity contribution in [1.82, 2.24) is 15.3 Å². The van der Waals surface area contributed by atoms with Crippen molar-refractivity contribution >= 4 is 11.8 Å². The van der Waals surface area contributed by atoms with Crippen molar-refractivity contribution < 1.29 is 18.4 Å². The first-order valence-electron chi connectivity index (χ1n) is 8.31. The molecule has 0 radical (unpaired) electrons. The van der Waals surface area contributed by atoms with E-state index in [0.29, 0.717) is 11.1 Å². The molecule has 2 amide bonds. The third kappa shape index (κ3) is 4.17. The molecule has 0 bridgehead atoms. The molecule has 142 valence electrons. The topological polar surface area (TPSA) is 98.0 Å². The lowest BCUT2D eigenvalue weighted by molar-refractivity contribution is 0.0934. The van der Waals surface area contributed by atoms with Crippen LogP contribution in [-0.4, -0.2) is 21.8 Å². The third-order valence-electron chi connectivity index (χ3n) is 4.08. The number of nitrogens with two attached hydrogens (primary N) is 1. The van der Waals surface area contributed by atoms with Gasteiger partial charge in [-0.1, -0.05) is 24.3 Å². The summed E-state index contributed by atoms with van der Waals surface area (Å²) >= 11 is 0. The maximum Gasteiger partial charge on any atom is 0.270 e. The second-order valence-corrected chi connectivity index (χ2v) is 5.95. The van der Waals surface area contributed by atoms with Crippen LogP contribution >= 0.6 is 0 Å². The lowest BCUT2D eigenvalue weighted by atomic mass is 10.0. The van der Waals surface area contributed by atoms with E-state index in [1.165, 1.54) is 36.7 Å². The standard InChI is InChI=1S/C20H16F2N4O2/c21-10-12-3-5-13(6-4-12)17(18-15(22)2-1-9-24-18)26-20(28)16-8-7-14(11-25-16)19(23)27/h1-9,11,17H,10H2,(H2,23,27)(H,26,28)/t17-/m0/s1. The number of pyridine rings is 2. The first kappa shape index (κ1) is 19.1. The summed E-state index contributed by atoms with van der Waals surface area (Å²) in [6, 6.07) is 10.8. The molecule has 3 rings (SSSR count). The van der Waals surface area contributed by atoms with Crippen molar-refractivity contribution in [3.8, 4) is 0 Å². The Kier molecular flexibility index (Phi) is 5.69. The number of carbonyl (C=O) groups is 2. The van der Waals surface area contributed by atoms with E-state index in [1.54, 1.807) is 24.3 Å². The molecule has 2 heterocycles. The third-order valence-corrected chi connectivity index (χ3v) is 4.08. The summed E-state index contributed by atoms with van der Waals surface area (Å²) in [6.45, 7) is -0.634. The monoisotopic (exact) mass is 382 g/mol. The van der Waals surface area contributed by atoms with Crippen molar-refractivity contribution in [2.24, 2.45) is 5.73 Å². The fraction of sp³-hybridized carbons (Fsp3) is 0.100. The second-order valence-electron chi connectivity index (χ2n) is 5.95. The number of hydrogen-bond acceptors (Lipinski definition) is 4. The first-order valence-corrected chi connectivity index (χ1v) is 8.31. The number of aromatic nitrogens is 2. The normalized spacial score (nSPS) is 11.6. The summed E-state index contributed by atoms with van der Waals surface area (Å²) in [7, 11) is 0. The molecule has 0 aliphatic rings. The molecule has 0 aliphatic heterocycles. The zero-order valence-electron chi connectivity index (χ0n) is 14.6. The van der Waals surface area contributed by atoms with E-state index >= 15 is 0 Å². The SMILES string of the molecule is NC(=O)c1ccc(C(=O)N[C@@H](c2ccc(CF)cc2)c2ncccc2F)nc1. The molecule has 2 aromatic heterocycles. The maximum atomic E-state index is 14.3. The minimum atomic E-state index is -0.917. The average molecular weight is 382 g/mol. The Morgan fingerprint density at radius 1 is 1.07 bits per heavy atom. The lowest BCUT2D eigenvalue weighted by Crippen LogP contribution is -2.31. The minimum absolute atomic E-state index is 0.0117. The molecule has 0 fully saturated rings. The number of rotatable bonds is 6. The molecule has 1 aromatic carbocycles. The maximum absolute atomic E-state index is 14.3. The molecule has 28 heavy (non-hydrogen) atoms. The van der Waals surface area contributed by atoms with Crippen LogP contribution in [0, 0.1) is 5.82 Å². The number of benzene rings is 1. The van der Waals surface area contributed by atoms with Crippen molar-refractivity contribution in [2.75, 3.05) is 0 Å². The highest BCUT2D eigenvalue weighted by atomic mass is 19.1. The number of nitrogens with one attached hydrogen (secondary N) is 1. The molecule has 0 aliphatic carbocycles. The van der Waals surface area contributed by atoms with Crippen molar-refractivity contribution in [3.63, 3.8) is 0 Å². The van der Waals surface area contributed by atoms with E-state index < -0.39 is 30.3 Å². The molecule has 6 nitrogen and oxygen atoms in total. The zero-order chi connectivity index (χ0) is 20.1. The fourth-order valence-electron chi connectivity index (χ4n) is 2.60. The summed E-state index contributed by atoms with van der Waals surface area (Å²) in [6.07, 6.45) is 2.59. The van der Waals surface area contributed by atoms with Crippen LogP contribution in [0.2, 0.25) is 0 Å². The van der Waals surface area contributed by atoms with Crippen LogP contribution in [0.1, 0.15) is 43.7 Å². The number of nitrogens with zero attached hydrogens (tertiary/aromatic N) is 2. The summed E-state index contributed by atoms with van der Waals surface area (Å²) in [5, 5.41) is 2.68. The van der Waals surface area contributed by atoms with Gasteiger partial charge in [-0.15, -0.1) is 0 Å². The predicted octanol–water partition coefficient (Wildman–Crippen LogP) is 2.70. The summed E-state index contributed by atoms with van der Waals surface area (Å²) in [4.78, 5) is 31.7. The molecule has 3 N–H and O–H groups in total. The van der Waals surface area contributed by atoms with Crippen LogP contribution in [-0.2, 0) is 6.67 Å². The Morgan fingerprint density at radius 2 is 1.82 bits per heavy atom. The Labute approximate surface area is 159 Å². The predicted molar refractivity (Wildman–Crippen MR) is 97.5 cm³/mol. The van der Waals surface area contributed by atoms with Crippen LogP contribution in [0.25, 0.3) is 0 Å². The number of halogens is 2. The molecule has 0 saturated carbocycles. The second kappa shape index (κ2) is 8.34. The molecule has 0 saturated heterocycles. The Bertz CT molecular complexity index is 992. The smallest absolute Gasteiger partial charge is 0.270 e. The first-order chi connectivity index (χ1) is 13.5. The molecule has 0 spiro atoms. The van der Waals surface area contributed by atoms with E-state index in [4.69, 9.17) is 5.73 Å². The highest BCUT2D eigenvalue weighted by Gasteiger charge is 2.23. The van der Waals surface area contributed by atoms with Crippen molar-refractivity contribution in [3.05, 3.63) is 94.8 Å². The van der Waals surface area contributed by atoms with Gasteiger partial charge in [0.05, 0.1) is 11.6 Å². The van der Waals surface area contributed by atoms with Crippen LogP contribution in [0.5, 0.6) is 0 Å². The zero-order valence-corrected chi connectivity index (χ0v) is 14.6. The lowest BCUT2D eigenvalue weighted by Gasteiger charge is -2.19. The fourth-order valence-corrected chi connectivity index (χ4v) is 2.60. The average Bonchev–Trinajstić information content (AvgIpc) is 2.72. The Balaban J connectivity index is 1.93. The van der Waals surface area contributed by atoms with E-state index in [2.05, 4.69) is 15.3 Å². The highest BCUT2D eigenvalue weighted by molar-refractivity contribution is 5.95. The van der Waals surface area contributed by atoms with E-state index in [-0.39, 0.29) is 17.0 Å². The molecule has 0 unspecified atom stereocenters. The van der Waals surface area contributed by atoms with Gasteiger partial charge in [0.2, 0.25) is 5.91 Å². The number of hydrogen-bond donors (Lipinski definition) is 2. The largest absolute Gasteiger partial charge is 0.366 e. The van der Waals surface area contributed by atoms with Gasteiger partial charge in [-0.3, -0.25) is 19.6 Å². The molecule has 8 heteroatoms. The van der Waals surface area contributed by atoms with Gasteiger partial charge in [-0.05, 0) is 35.4 Å². The number of carbonyl (C=O) groups excluding carboxylic acids is 2. The molecular weight excluding hydrogens is 366 g/mol. The molecular formula is C20H16F2N4O2. The van der Waals surface area contributed by atoms with Crippen LogP contribution < -0.4 is 11.1 Å². The van der Waals surface area contributed by atoms with Gasteiger partial charge in [-0.25, -0.2) is 8.78 Å². The molecule has 3 aromatic rings. The number of primary amides is 1. The van der Waals surface area contributed by atoms with Crippen molar-refractivity contribution in [1.29, 1.82) is 0 Å². The van der Waals surface area contributed by atoms with E-state index in [9.17, 15) is 18.4 Å². The van der Waals surface area contributed by atoms with Crippen LogP contribution in [0.3, 0.4) is 0 Å². The van der Waals surface area contributed by atoms with Gasteiger partial charge in [0, 0.05) is 12.4 Å².